The van der Waals surface area contributed by atoms with E-state index < -0.39 is 12.0 Å². The van der Waals surface area contributed by atoms with Crippen molar-refractivity contribution < 1.29 is 19.1 Å². The molecule has 2 unspecified atom stereocenters. The number of urea groups is 2. The summed E-state index contributed by atoms with van der Waals surface area (Å²) in [7, 11) is 0. The first-order valence-electron chi connectivity index (χ1n) is 12.4. The maximum absolute atomic E-state index is 13.3. The molecule has 0 aliphatic carbocycles. The zero-order valence-electron chi connectivity index (χ0n) is 21.3. The molecule has 2 N–H and O–H groups in total. The van der Waals surface area contributed by atoms with Crippen molar-refractivity contribution >= 4 is 29.6 Å². The molecule has 0 saturated carbocycles. The minimum absolute atomic E-state index is 0.0313. The standard InChI is InChI=1S/C26H36ClN5O4/c1-5-11-28-25(34)31-14-13-30(16-18(31)4)17-21-22(24(33)36-7-3)23(19-9-8-10-20(27)15-19)29-26(35)32(21)12-6-2/h6,8-10,15,18,23H,2,5,7,11-14,16-17H2,1,3-4H3,(H,28,34)(H,29,35). The monoisotopic (exact) mass is 517 g/mol. The molecule has 2 heterocycles. The minimum Gasteiger partial charge on any atom is -0.463 e. The molecule has 2 atom stereocenters. The van der Waals surface area contributed by atoms with E-state index in [9.17, 15) is 14.4 Å². The van der Waals surface area contributed by atoms with Crippen LogP contribution in [0.4, 0.5) is 9.59 Å². The van der Waals surface area contributed by atoms with Crippen LogP contribution in [0.15, 0.2) is 48.2 Å². The fourth-order valence-corrected chi connectivity index (χ4v) is 4.80. The number of hydrogen-bond donors (Lipinski definition) is 2. The molecule has 0 radical (unpaired) electrons. The maximum atomic E-state index is 13.3. The summed E-state index contributed by atoms with van der Waals surface area (Å²) in [5.74, 6) is -0.489. The van der Waals surface area contributed by atoms with Gasteiger partial charge in [0.1, 0.15) is 0 Å². The van der Waals surface area contributed by atoms with Gasteiger partial charge in [-0.05, 0) is 38.0 Å². The van der Waals surface area contributed by atoms with Crippen LogP contribution < -0.4 is 10.6 Å². The highest BCUT2D eigenvalue weighted by atomic mass is 35.5. The van der Waals surface area contributed by atoms with Crippen LogP contribution in [0, 0.1) is 0 Å². The number of carbonyl (C=O) groups is 3. The molecule has 0 spiro atoms. The molecular formula is C26H36ClN5O4. The third kappa shape index (κ3) is 6.39. The van der Waals surface area contributed by atoms with E-state index >= 15 is 0 Å². The van der Waals surface area contributed by atoms with Crippen LogP contribution in [-0.4, -0.2) is 84.6 Å². The summed E-state index contributed by atoms with van der Waals surface area (Å²) in [6, 6.07) is 5.96. The van der Waals surface area contributed by atoms with E-state index in [0.29, 0.717) is 54.6 Å². The summed E-state index contributed by atoms with van der Waals surface area (Å²) in [4.78, 5) is 44.5. The number of hydrogen-bond acceptors (Lipinski definition) is 5. The lowest BCUT2D eigenvalue weighted by molar-refractivity contribution is -0.139. The number of nitrogens with zero attached hydrogens (tertiary/aromatic N) is 3. The molecule has 0 bridgehead atoms. The van der Waals surface area contributed by atoms with Crippen LogP contribution in [0.5, 0.6) is 0 Å². The Hall–Kier alpha value is -3.04. The lowest BCUT2D eigenvalue weighted by atomic mass is 9.94. The first-order chi connectivity index (χ1) is 17.3. The molecule has 196 valence electrons. The molecule has 10 heteroatoms. The summed E-state index contributed by atoms with van der Waals surface area (Å²) >= 11 is 6.23. The zero-order valence-corrected chi connectivity index (χ0v) is 22.0. The van der Waals surface area contributed by atoms with E-state index in [0.717, 1.165) is 6.42 Å². The van der Waals surface area contributed by atoms with Crippen LogP contribution in [0.25, 0.3) is 0 Å². The van der Waals surface area contributed by atoms with Gasteiger partial charge in [-0.15, -0.1) is 6.58 Å². The molecule has 2 aliphatic rings. The average molecular weight is 518 g/mol. The van der Waals surface area contributed by atoms with Gasteiger partial charge in [0.15, 0.2) is 0 Å². The number of nitrogens with one attached hydrogen (secondary N) is 2. The smallest absolute Gasteiger partial charge is 0.338 e. The summed E-state index contributed by atoms with van der Waals surface area (Å²) in [5, 5.41) is 6.39. The Kier molecular flexibility index (Phi) is 9.78. The van der Waals surface area contributed by atoms with Gasteiger partial charge in [0.25, 0.3) is 0 Å². The molecule has 1 aromatic rings. The number of carbonyl (C=O) groups excluding carboxylic acids is 3. The van der Waals surface area contributed by atoms with E-state index in [4.69, 9.17) is 16.3 Å². The predicted octanol–water partition coefficient (Wildman–Crippen LogP) is 3.54. The predicted molar refractivity (Wildman–Crippen MR) is 140 cm³/mol. The third-order valence-electron chi connectivity index (χ3n) is 6.30. The van der Waals surface area contributed by atoms with Gasteiger partial charge in [-0.1, -0.05) is 36.7 Å². The van der Waals surface area contributed by atoms with Crippen molar-refractivity contribution in [3.63, 3.8) is 0 Å². The van der Waals surface area contributed by atoms with Crippen molar-refractivity contribution in [3.05, 3.63) is 58.8 Å². The number of ether oxygens (including phenoxy) is 1. The van der Waals surface area contributed by atoms with E-state index in [2.05, 4.69) is 22.1 Å². The summed E-state index contributed by atoms with van der Waals surface area (Å²) in [6.45, 7) is 12.7. The normalized spacial score (nSPS) is 20.7. The topological polar surface area (TPSA) is 94.2 Å². The molecule has 2 aliphatic heterocycles. The van der Waals surface area contributed by atoms with Gasteiger partial charge >= 0.3 is 18.0 Å². The van der Waals surface area contributed by atoms with E-state index in [-0.39, 0.29) is 31.3 Å². The van der Waals surface area contributed by atoms with Gasteiger partial charge in [0.05, 0.1) is 18.2 Å². The van der Waals surface area contributed by atoms with Gasteiger partial charge in [-0.3, -0.25) is 9.80 Å². The number of amides is 4. The summed E-state index contributed by atoms with van der Waals surface area (Å²) in [6.07, 6.45) is 2.50. The number of esters is 1. The summed E-state index contributed by atoms with van der Waals surface area (Å²) in [5.41, 5.74) is 1.63. The number of halogens is 1. The van der Waals surface area contributed by atoms with Crippen molar-refractivity contribution in [1.82, 2.24) is 25.3 Å². The second-order valence-electron chi connectivity index (χ2n) is 8.93. The van der Waals surface area contributed by atoms with Crippen molar-refractivity contribution in [1.29, 1.82) is 0 Å². The molecule has 3 rings (SSSR count). The van der Waals surface area contributed by atoms with Crippen molar-refractivity contribution in [3.8, 4) is 0 Å². The molecular weight excluding hydrogens is 482 g/mol. The van der Waals surface area contributed by atoms with E-state index in [1.54, 1.807) is 31.2 Å². The van der Waals surface area contributed by atoms with Gasteiger partial charge in [-0.2, -0.15) is 0 Å². The molecule has 0 aromatic heterocycles. The largest absolute Gasteiger partial charge is 0.463 e. The number of piperazine rings is 1. The lowest BCUT2D eigenvalue weighted by Gasteiger charge is -2.42. The van der Waals surface area contributed by atoms with Crippen LogP contribution in [0.3, 0.4) is 0 Å². The Morgan fingerprint density at radius 3 is 2.72 bits per heavy atom. The fourth-order valence-electron chi connectivity index (χ4n) is 4.61. The highest BCUT2D eigenvalue weighted by molar-refractivity contribution is 6.30. The van der Waals surface area contributed by atoms with Crippen LogP contribution in [0.2, 0.25) is 5.02 Å². The molecule has 36 heavy (non-hydrogen) atoms. The first-order valence-corrected chi connectivity index (χ1v) is 12.8. The molecule has 9 nitrogen and oxygen atoms in total. The van der Waals surface area contributed by atoms with Crippen molar-refractivity contribution in [2.75, 3.05) is 45.9 Å². The third-order valence-corrected chi connectivity index (χ3v) is 6.53. The Bertz CT molecular complexity index is 1010. The van der Waals surface area contributed by atoms with Gasteiger partial charge in [-0.25, -0.2) is 14.4 Å². The highest BCUT2D eigenvalue weighted by Crippen LogP contribution is 2.33. The second-order valence-corrected chi connectivity index (χ2v) is 9.36. The SMILES string of the molecule is C=CCN1C(=O)NC(c2cccc(Cl)c2)C(C(=O)OCC)=C1CN1CCN(C(=O)NCCC)C(C)C1. The Morgan fingerprint density at radius 2 is 2.08 bits per heavy atom. The Morgan fingerprint density at radius 1 is 1.31 bits per heavy atom. The molecule has 1 aromatic carbocycles. The van der Waals surface area contributed by atoms with Crippen LogP contribution in [-0.2, 0) is 9.53 Å². The van der Waals surface area contributed by atoms with Crippen LogP contribution in [0.1, 0.15) is 38.8 Å². The summed E-state index contributed by atoms with van der Waals surface area (Å²) < 4.78 is 5.44. The Balaban J connectivity index is 1.96. The second kappa shape index (κ2) is 12.8. The van der Waals surface area contributed by atoms with Gasteiger partial charge in [0, 0.05) is 56.0 Å². The van der Waals surface area contributed by atoms with Crippen LogP contribution >= 0.6 is 11.6 Å². The van der Waals surface area contributed by atoms with Crippen molar-refractivity contribution in [2.24, 2.45) is 0 Å². The zero-order chi connectivity index (χ0) is 26.2. The Labute approximate surface area is 218 Å². The fraction of sp³-hybridized carbons (Fsp3) is 0.500. The average Bonchev–Trinajstić information content (AvgIpc) is 2.84. The van der Waals surface area contributed by atoms with E-state index in [1.165, 1.54) is 4.90 Å². The number of benzene rings is 1. The molecule has 4 amide bonds. The molecule has 1 fully saturated rings. The van der Waals surface area contributed by atoms with Crippen molar-refractivity contribution in [2.45, 2.75) is 39.3 Å². The van der Waals surface area contributed by atoms with Gasteiger partial charge in [0.2, 0.25) is 0 Å². The number of rotatable bonds is 9. The highest BCUT2D eigenvalue weighted by Gasteiger charge is 2.39. The minimum atomic E-state index is -0.704. The molecule has 1 saturated heterocycles. The quantitative estimate of drug-likeness (QED) is 0.386. The van der Waals surface area contributed by atoms with E-state index in [1.807, 2.05) is 24.8 Å². The first kappa shape index (κ1) is 27.5. The maximum Gasteiger partial charge on any atom is 0.338 e. The lowest BCUT2D eigenvalue weighted by Crippen LogP contribution is -2.58. The van der Waals surface area contributed by atoms with Gasteiger partial charge < -0.3 is 20.3 Å².